The number of rotatable bonds is 4. The van der Waals surface area contributed by atoms with Crippen molar-refractivity contribution in [2.75, 3.05) is 11.9 Å². The number of hydrogen-bond acceptors (Lipinski definition) is 4. The molecule has 3 aromatic heterocycles. The van der Waals surface area contributed by atoms with E-state index in [4.69, 9.17) is 0 Å². The highest BCUT2D eigenvalue weighted by molar-refractivity contribution is 14.1. The molecule has 0 fully saturated rings. The van der Waals surface area contributed by atoms with E-state index in [-0.39, 0.29) is 5.56 Å². The monoisotopic (exact) mass is 515 g/mol. The molecule has 0 aliphatic rings. The molecule has 9 heteroatoms. The van der Waals surface area contributed by atoms with Crippen molar-refractivity contribution in [3.05, 3.63) is 64.7 Å². The quantitative estimate of drug-likeness (QED) is 0.288. The van der Waals surface area contributed by atoms with E-state index < -0.39 is 12.7 Å². The SMILES string of the molecule is O=c1c2sc3nccc(NCC(F)(F)F)c3c2ccn1-c1ccc(CI)cc1. The topological polar surface area (TPSA) is 46.9 Å². The minimum absolute atomic E-state index is 0.218. The lowest BCUT2D eigenvalue weighted by atomic mass is 10.2. The molecular weight excluding hydrogens is 502 g/mol. The molecule has 0 aliphatic heterocycles. The molecule has 0 unspecified atom stereocenters. The van der Waals surface area contributed by atoms with Crippen LogP contribution < -0.4 is 10.9 Å². The van der Waals surface area contributed by atoms with E-state index in [1.807, 2.05) is 24.3 Å². The van der Waals surface area contributed by atoms with Gasteiger partial charge >= 0.3 is 6.18 Å². The summed E-state index contributed by atoms with van der Waals surface area (Å²) in [5.41, 5.74) is 1.99. The third-order valence-corrected chi connectivity index (χ3v) is 6.26. The van der Waals surface area contributed by atoms with E-state index in [0.717, 1.165) is 15.7 Å². The molecule has 0 radical (unpaired) electrons. The molecule has 4 nitrogen and oxygen atoms in total. The highest BCUT2D eigenvalue weighted by Gasteiger charge is 2.27. The minimum atomic E-state index is -4.34. The van der Waals surface area contributed by atoms with E-state index in [1.54, 1.807) is 12.3 Å². The lowest BCUT2D eigenvalue weighted by Gasteiger charge is -2.10. The first-order chi connectivity index (χ1) is 13.4. The molecule has 1 aromatic carbocycles. The van der Waals surface area contributed by atoms with Crippen molar-refractivity contribution in [2.45, 2.75) is 10.6 Å². The van der Waals surface area contributed by atoms with Crippen LogP contribution in [-0.2, 0) is 4.43 Å². The third kappa shape index (κ3) is 3.60. The summed E-state index contributed by atoms with van der Waals surface area (Å²) in [6.45, 7) is -1.15. The Hall–Kier alpha value is -2.14. The number of pyridine rings is 2. The lowest BCUT2D eigenvalue weighted by Crippen LogP contribution is -2.21. The van der Waals surface area contributed by atoms with Gasteiger partial charge in [-0.15, -0.1) is 11.3 Å². The molecule has 0 saturated carbocycles. The number of fused-ring (bicyclic) bond motifs is 3. The fraction of sp³-hybridized carbons (Fsp3) is 0.158. The zero-order valence-electron chi connectivity index (χ0n) is 14.3. The van der Waals surface area contributed by atoms with Crippen LogP contribution in [0.3, 0.4) is 0 Å². The van der Waals surface area contributed by atoms with Crippen molar-refractivity contribution < 1.29 is 13.2 Å². The van der Waals surface area contributed by atoms with Crippen LogP contribution in [0.5, 0.6) is 0 Å². The molecule has 4 aromatic rings. The van der Waals surface area contributed by atoms with Gasteiger partial charge in [0.15, 0.2) is 0 Å². The molecule has 144 valence electrons. The standard InChI is InChI=1S/C19H13F3IN3OS/c20-19(21,22)10-25-14-5-7-24-17-15(14)13-6-8-26(18(27)16(13)28-17)12-3-1-11(9-23)2-4-12/h1-8H,9-10H2,(H,24,25). The Labute approximate surface area is 175 Å². The zero-order valence-corrected chi connectivity index (χ0v) is 17.2. The van der Waals surface area contributed by atoms with Crippen molar-refractivity contribution in [1.82, 2.24) is 9.55 Å². The Morgan fingerprint density at radius 2 is 1.89 bits per heavy atom. The van der Waals surface area contributed by atoms with Gasteiger partial charge in [-0.05, 0) is 29.8 Å². The van der Waals surface area contributed by atoms with Crippen LogP contribution in [-0.4, -0.2) is 22.3 Å². The van der Waals surface area contributed by atoms with Crippen molar-refractivity contribution in [1.29, 1.82) is 0 Å². The predicted octanol–water partition coefficient (Wildman–Crippen LogP) is 5.51. The van der Waals surface area contributed by atoms with E-state index in [1.165, 1.54) is 28.2 Å². The first kappa shape index (κ1) is 19.2. The normalized spacial score (nSPS) is 12.0. The van der Waals surface area contributed by atoms with E-state index in [0.29, 0.717) is 26.0 Å². The maximum absolute atomic E-state index is 13.0. The van der Waals surface area contributed by atoms with Gasteiger partial charge in [0.25, 0.3) is 5.56 Å². The number of halogens is 4. The molecule has 1 N–H and O–H groups in total. The number of nitrogens with one attached hydrogen (secondary N) is 1. The van der Waals surface area contributed by atoms with Gasteiger partial charge in [-0.3, -0.25) is 9.36 Å². The van der Waals surface area contributed by atoms with Crippen molar-refractivity contribution in [2.24, 2.45) is 0 Å². The Kier molecular flexibility index (Phi) is 5.04. The van der Waals surface area contributed by atoms with Crippen LogP contribution in [0.25, 0.3) is 26.0 Å². The smallest absolute Gasteiger partial charge is 0.376 e. The summed E-state index contributed by atoms with van der Waals surface area (Å²) in [7, 11) is 0. The fourth-order valence-electron chi connectivity index (χ4n) is 2.98. The van der Waals surface area contributed by atoms with Crippen LogP contribution in [0.2, 0.25) is 0 Å². The second-order valence-electron chi connectivity index (χ2n) is 6.14. The number of nitrogens with zero attached hydrogens (tertiary/aromatic N) is 2. The summed E-state index contributed by atoms with van der Waals surface area (Å²) in [6, 6.07) is 10.9. The largest absolute Gasteiger partial charge is 0.405 e. The lowest BCUT2D eigenvalue weighted by molar-refractivity contribution is -0.115. The van der Waals surface area contributed by atoms with Crippen molar-refractivity contribution in [3.63, 3.8) is 0 Å². The first-order valence-corrected chi connectivity index (χ1v) is 10.6. The van der Waals surface area contributed by atoms with Crippen molar-refractivity contribution in [3.8, 4) is 5.69 Å². The predicted molar refractivity (Wildman–Crippen MR) is 115 cm³/mol. The van der Waals surface area contributed by atoms with E-state index in [9.17, 15) is 18.0 Å². The van der Waals surface area contributed by atoms with Crippen LogP contribution in [0, 0.1) is 0 Å². The zero-order chi connectivity index (χ0) is 19.9. The van der Waals surface area contributed by atoms with Gasteiger partial charge in [-0.25, -0.2) is 4.98 Å². The summed E-state index contributed by atoms with van der Waals surface area (Å²) in [5.74, 6) is 0. The average molecular weight is 515 g/mol. The van der Waals surface area contributed by atoms with Crippen molar-refractivity contribution >= 4 is 59.9 Å². The summed E-state index contributed by atoms with van der Waals surface area (Å²) >= 11 is 3.46. The van der Waals surface area contributed by atoms with Gasteiger partial charge in [0.1, 0.15) is 16.1 Å². The molecule has 0 spiro atoms. The van der Waals surface area contributed by atoms with E-state index in [2.05, 4.69) is 32.9 Å². The minimum Gasteiger partial charge on any atom is -0.376 e. The van der Waals surface area contributed by atoms with Crippen LogP contribution in [0.4, 0.5) is 18.9 Å². The maximum atomic E-state index is 13.0. The Bertz CT molecular complexity index is 1220. The van der Waals surface area contributed by atoms with Gasteiger partial charge in [0.05, 0.1) is 0 Å². The Morgan fingerprint density at radius 3 is 2.57 bits per heavy atom. The van der Waals surface area contributed by atoms with Gasteiger partial charge < -0.3 is 5.32 Å². The number of anilines is 1. The highest BCUT2D eigenvalue weighted by atomic mass is 127. The molecule has 4 rings (SSSR count). The molecule has 0 saturated heterocycles. The van der Waals surface area contributed by atoms with Gasteiger partial charge in [-0.1, -0.05) is 34.7 Å². The molecule has 0 aliphatic carbocycles. The van der Waals surface area contributed by atoms with Crippen LogP contribution in [0.15, 0.2) is 53.6 Å². The van der Waals surface area contributed by atoms with E-state index >= 15 is 0 Å². The van der Waals surface area contributed by atoms with Crippen LogP contribution in [0.1, 0.15) is 5.56 Å². The molecule has 0 bridgehead atoms. The number of thiophene rings is 1. The van der Waals surface area contributed by atoms with Gasteiger partial charge in [-0.2, -0.15) is 13.2 Å². The highest BCUT2D eigenvalue weighted by Crippen LogP contribution is 2.35. The molecule has 0 atom stereocenters. The summed E-state index contributed by atoms with van der Waals surface area (Å²) < 4.78 is 40.7. The molecule has 3 heterocycles. The third-order valence-electron chi connectivity index (χ3n) is 4.28. The molecular formula is C19H13F3IN3OS. The van der Waals surface area contributed by atoms with Gasteiger partial charge in [0, 0.05) is 39.0 Å². The first-order valence-electron chi connectivity index (χ1n) is 8.26. The average Bonchev–Trinajstić information content (AvgIpc) is 3.06. The molecule has 0 amide bonds. The Morgan fingerprint density at radius 1 is 1.14 bits per heavy atom. The van der Waals surface area contributed by atoms with Crippen LogP contribution >= 0.6 is 33.9 Å². The molecule has 28 heavy (non-hydrogen) atoms. The van der Waals surface area contributed by atoms with Gasteiger partial charge in [0.2, 0.25) is 0 Å². The summed E-state index contributed by atoms with van der Waals surface area (Å²) in [5, 5.41) is 3.55. The number of alkyl halides is 4. The fourth-order valence-corrected chi connectivity index (χ4v) is 4.58. The Balaban J connectivity index is 1.85. The number of hydrogen-bond donors (Lipinski definition) is 1. The summed E-state index contributed by atoms with van der Waals surface area (Å²) in [4.78, 5) is 17.8. The number of aromatic nitrogens is 2. The second kappa shape index (κ2) is 7.36. The second-order valence-corrected chi connectivity index (χ2v) is 7.91. The summed E-state index contributed by atoms with van der Waals surface area (Å²) in [6.07, 6.45) is -1.24. The maximum Gasteiger partial charge on any atom is 0.405 e. The number of benzene rings is 1.